The van der Waals surface area contributed by atoms with Crippen molar-refractivity contribution in [3.05, 3.63) is 0 Å². The molecule has 0 aromatic carbocycles. The van der Waals surface area contributed by atoms with Crippen LogP contribution in [0.1, 0.15) is 51.4 Å². The van der Waals surface area contributed by atoms with E-state index in [-0.39, 0.29) is 30.3 Å². The average Bonchev–Trinajstić information content (AvgIpc) is 2.41. The topological polar surface area (TPSA) is 86.7 Å². The summed E-state index contributed by atoms with van der Waals surface area (Å²) in [6.45, 7) is 0.396. The van der Waals surface area contributed by atoms with Crippen molar-refractivity contribution in [1.82, 2.24) is 10.2 Å². The molecule has 1 saturated heterocycles. The Morgan fingerprint density at radius 2 is 1.95 bits per heavy atom. The highest BCUT2D eigenvalue weighted by atomic mass is 16.4. The smallest absolute Gasteiger partial charge is 0.324 e. The first-order valence-corrected chi connectivity index (χ1v) is 7.43. The van der Waals surface area contributed by atoms with E-state index in [4.69, 9.17) is 5.11 Å². The Hall–Kier alpha value is -1.59. The minimum absolute atomic E-state index is 0.0204. The third-order valence-corrected chi connectivity index (χ3v) is 4.18. The number of carboxylic acids is 1. The summed E-state index contributed by atoms with van der Waals surface area (Å²) in [6.07, 6.45) is 6.00. The first-order valence-electron chi connectivity index (χ1n) is 7.43. The van der Waals surface area contributed by atoms with Crippen LogP contribution in [0.5, 0.6) is 0 Å². The largest absolute Gasteiger partial charge is 0.481 e. The molecule has 6 heteroatoms. The molecule has 0 spiro atoms. The van der Waals surface area contributed by atoms with Crippen molar-refractivity contribution in [1.29, 1.82) is 0 Å². The number of aliphatic carboxylic acids is 1. The lowest BCUT2D eigenvalue weighted by Crippen LogP contribution is -2.60. The fourth-order valence-electron chi connectivity index (χ4n) is 3.07. The van der Waals surface area contributed by atoms with Crippen LogP contribution in [0.3, 0.4) is 0 Å². The van der Waals surface area contributed by atoms with E-state index in [9.17, 15) is 14.4 Å². The van der Waals surface area contributed by atoms with Gasteiger partial charge in [-0.2, -0.15) is 0 Å². The molecule has 1 aliphatic carbocycles. The number of amides is 3. The normalized spacial score (nSPS) is 26.1. The summed E-state index contributed by atoms with van der Waals surface area (Å²) >= 11 is 0. The Morgan fingerprint density at radius 1 is 1.20 bits per heavy atom. The molecule has 2 unspecified atom stereocenters. The van der Waals surface area contributed by atoms with E-state index in [1.54, 1.807) is 0 Å². The summed E-state index contributed by atoms with van der Waals surface area (Å²) in [7, 11) is 0. The van der Waals surface area contributed by atoms with Crippen LogP contribution in [-0.2, 0) is 9.59 Å². The fraction of sp³-hybridized carbons (Fsp3) is 0.786. The Balaban J connectivity index is 1.80. The average molecular weight is 282 g/mol. The number of carbonyl (C=O) groups excluding carboxylic acids is 2. The summed E-state index contributed by atoms with van der Waals surface area (Å²) < 4.78 is 0. The Bertz CT molecular complexity index is 397. The van der Waals surface area contributed by atoms with E-state index in [1.807, 2.05) is 0 Å². The molecule has 0 bridgehead atoms. The van der Waals surface area contributed by atoms with Gasteiger partial charge >= 0.3 is 12.0 Å². The number of urea groups is 1. The van der Waals surface area contributed by atoms with Gasteiger partial charge in [-0.05, 0) is 25.7 Å². The molecule has 20 heavy (non-hydrogen) atoms. The van der Waals surface area contributed by atoms with E-state index < -0.39 is 5.97 Å². The number of fused-ring (bicyclic) bond motifs is 1. The molecule has 6 nitrogen and oxygen atoms in total. The highest BCUT2D eigenvalue weighted by Crippen LogP contribution is 2.29. The van der Waals surface area contributed by atoms with Crippen LogP contribution < -0.4 is 5.32 Å². The first kappa shape index (κ1) is 14.8. The highest BCUT2D eigenvalue weighted by molar-refractivity contribution is 5.98. The van der Waals surface area contributed by atoms with Crippen molar-refractivity contribution in [3.8, 4) is 0 Å². The molecule has 112 valence electrons. The number of nitrogens with one attached hydrogen (secondary N) is 1. The van der Waals surface area contributed by atoms with Crippen LogP contribution in [0.2, 0.25) is 0 Å². The van der Waals surface area contributed by atoms with Crippen LogP contribution in [-0.4, -0.2) is 40.5 Å². The van der Waals surface area contributed by atoms with Gasteiger partial charge in [0.2, 0.25) is 5.91 Å². The number of carbonyl (C=O) groups is 3. The van der Waals surface area contributed by atoms with Crippen LogP contribution in [0.25, 0.3) is 0 Å². The number of imide groups is 1. The Morgan fingerprint density at radius 3 is 2.70 bits per heavy atom. The predicted molar refractivity (Wildman–Crippen MR) is 72.1 cm³/mol. The summed E-state index contributed by atoms with van der Waals surface area (Å²) in [5.74, 6) is -0.904. The number of hydrogen-bond donors (Lipinski definition) is 2. The molecule has 0 aromatic rings. The molecule has 0 radical (unpaired) electrons. The van der Waals surface area contributed by atoms with Gasteiger partial charge in [0.1, 0.15) is 0 Å². The maximum Gasteiger partial charge on any atom is 0.324 e. The number of carboxylic acid groups (broad SMARTS) is 1. The minimum atomic E-state index is -0.804. The molecular formula is C14H22N2O4. The predicted octanol–water partition coefficient (Wildman–Crippen LogP) is 1.74. The van der Waals surface area contributed by atoms with E-state index >= 15 is 0 Å². The molecule has 1 aliphatic heterocycles. The van der Waals surface area contributed by atoms with Gasteiger partial charge in [0.25, 0.3) is 0 Å². The van der Waals surface area contributed by atoms with Gasteiger partial charge in [0.05, 0.1) is 5.92 Å². The maximum absolute atomic E-state index is 12.3. The molecule has 2 fully saturated rings. The quantitative estimate of drug-likeness (QED) is 0.726. The molecule has 1 heterocycles. The van der Waals surface area contributed by atoms with Gasteiger partial charge in [-0.3, -0.25) is 14.5 Å². The second kappa shape index (κ2) is 6.72. The van der Waals surface area contributed by atoms with Gasteiger partial charge in [-0.15, -0.1) is 0 Å². The van der Waals surface area contributed by atoms with Crippen molar-refractivity contribution in [2.24, 2.45) is 5.92 Å². The second-order valence-corrected chi connectivity index (χ2v) is 5.64. The zero-order valence-corrected chi connectivity index (χ0v) is 11.6. The molecular weight excluding hydrogens is 260 g/mol. The lowest BCUT2D eigenvalue weighted by Gasteiger charge is -2.40. The van der Waals surface area contributed by atoms with Gasteiger partial charge in [0.15, 0.2) is 0 Å². The SMILES string of the molecule is O=C(O)CCCCCN1C(=O)NC2CCCCC2C1=O. The van der Waals surface area contributed by atoms with E-state index in [0.29, 0.717) is 19.4 Å². The van der Waals surface area contributed by atoms with Crippen LogP contribution in [0.4, 0.5) is 4.79 Å². The molecule has 2 aliphatic rings. The van der Waals surface area contributed by atoms with Crippen molar-refractivity contribution in [3.63, 3.8) is 0 Å². The van der Waals surface area contributed by atoms with E-state index in [1.165, 1.54) is 4.90 Å². The molecule has 2 N–H and O–H groups in total. The van der Waals surface area contributed by atoms with Crippen molar-refractivity contribution in [2.75, 3.05) is 6.54 Å². The molecule has 0 aromatic heterocycles. The van der Waals surface area contributed by atoms with Crippen molar-refractivity contribution < 1.29 is 19.5 Å². The van der Waals surface area contributed by atoms with E-state index in [0.717, 1.165) is 32.1 Å². The van der Waals surface area contributed by atoms with Gasteiger partial charge < -0.3 is 10.4 Å². The number of hydrogen-bond acceptors (Lipinski definition) is 3. The summed E-state index contributed by atoms with van der Waals surface area (Å²) in [5.41, 5.74) is 0. The monoisotopic (exact) mass is 282 g/mol. The zero-order valence-electron chi connectivity index (χ0n) is 11.6. The molecule has 2 rings (SSSR count). The number of nitrogens with zero attached hydrogens (tertiary/aromatic N) is 1. The summed E-state index contributed by atoms with van der Waals surface area (Å²) in [6, 6.07) is -0.261. The highest BCUT2D eigenvalue weighted by Gasteiger charge is 2.41. The standard InChI is InChI=1S/C14H22N2O4/c17-12(18)8-2-1-5-9-16-13(19)10-6-3-4-7-11(10)15-14(16)20/h10-11H,1-9H2,(H,15,20)(H,17,18). The Labute approximate surface area is 118 Å². The summed E-state index contributed by atoms with van der Waals surface area (Å²) in [5, 5.41) is 11.5. The van der Waals surface area contributed by atoms with Crippen molar-refractivity contribution in [2.45, 2.75) is 57.4 Å². The maximum atomic E-state index is 12.3. The van der Waals surface area contributed by atoms with Gasteiger partial charge in [-0.25, -0.2) is 4.79 Å². The van der Waals surface area contributed by atoms with Gasteiger partial charge in [0, 0.05) is 19.0 Å². The first-order chi connectivity index (χ1) is 9.59. The summed E-state index contributed by atoms with van der Waals surface area (Å²) in [4.78, 5) is 36.0. The fourth-order valence-corrected chi connectivity index (χ4v) is 3.07. The van der Waals surface area contributed by atoms with Crippen LogP contribution in [0.15, 0.2) is 0 Å². The number of rotatable bonds is 6. The molecule has 3 amide bonds. The minimum Gasteiger partial charge on any atom is -0.481 e. The third kappa shape index (κ3) is 3.49. The lowest BCUT2D eigenvalue weighted by molar-refractivity contribution is -0.138. The van der Waals surface area contributed by atoms with Gasteiger partial charge in [-0.1, -0.05) is 19.3 Å². The second-order valence-electron chi connectivity index (χ2n) is 5.64. The molecule has 2 atom stereocenters. The zero-order chi connectivity index (χ0) is 14.5. The lowest BCUT2D eigenvalue weighted by atomic mass is 9.82. The van der Waals surface area contributed by atoms with Crippen molar-refractivity contribution >= 4 is 17.9 Å². The Kier molecular flexibility index (Phi) is 4.98. The third-order valence-electron chi connectivity index (χ3n) is 4.18. The van der Waals surface area contributed by atoms with Crippen LogP contribution in [0, 0.1) is 5.92 Å². The van der Waals surface area contributed by atoms with Crippen LogP contribution >= 0.6 is 0 Å². The van der Waals surface area contributed by atoms with E-state index in [2.05, 4.69) is 5.32 Å². The molecule has 1 saturated carbocycles. The number of unbranched alkanes of at least 4 members (excludes halogenated alkanes) is 2.